The van der Waals surface area contributed by atoms with Crippen LogP contribution in [0.5, 0.6) is 0 Å². The molecule has 0 aliphatic carbocycles. The third-order valence-corrected chi connectivity index (χ3v) is 6.35. The number of ketones is 1. The number of aromatic nitrogens is 4. The molecule has 1 unspecified atom stereocenters. The summed E-state index contributed by atoms with van der Waals surface area (Å²) in [5.74, 6) is -2.73. The molecule has 0 radical (unpaired) electrons. The summed E-state index contributed by atoms with van der Waals surface area (Å²) in [4.78, 5) is 41.8. The first-order valence-electron chi connectivity index (χ1n) is 10.5. The molecule has 1 aromatic carbocycles. The largest absolute Gasteiger partial charge is 0.419 e. The first-order valence-corrected chi connectivity index (χ1v) is 11.3. The van der Waals surface area contributed by atoms with E-state index < -0.39 is 23.5 Å². The number of benzene rings is 1. The highest BCUT2D eigenvalue weighted by molar-refractivity contribution is 7.13. The van der Waals surface area contributed by atoms with Crippen molar-refractivity contribution in [2.75, 3.05) is 5.32 Å². The number of rotatable bonds is 7. The highest BCUT2D eigenvalue weighted by Gasteiger charge is 2.34. The lowest BCUT2D eigenvalue weighted by molar-refractivity contribution is -0.139. The van der Waals surface area contributed by atoms with Crippen LogP contribution in [0.1, 0.15) is 50.0 Å². The molecule has 12 heteroatoms. The van der Waals surface area contributed by atoms with Gasteiger partial charge in [-0.15, -0.1) is 11.3 Å². The van der Waals surface area contributed by atoms with Crippen molar-refractivity contribution in [1.29, 1.82) is 0 Å². The summed E-state index contributed by atoms with van der Waals surface area (Å²) in [5.41, 5.74) is -0.0930. The molecule has 0 spiro atoms. The van der Waals surface area contributed by atoms with Gasteiger partial charge in [-0.1, -0.05) is 6.92 Å². The maximum Gasteiger partial charge on any atom is 0.419 e. The van der Waals surface area contributed by atoms with Crippen LogP contribution in [-0.2, 0) is 6.18 Å². The molecule has 7 nitrogen and oxygen atoms in total. The molecule has 0 fully saturated rings. The minimum Gasteiger partial charge on any atom is -0.321 e. The second-order valence-electron chi connectivity index (χ2n) is 7.76. The molecule has 0 saturated carbocycles. The Hall–Kier alpha value is -4.06. The third-order valence-electron chi connectivity index (χ3n) is 5.12. The van der Waals surface area contributed by atoms with Gasteiger partial charge in [-0.2, -0.15) is 13.2 Å². The molecular formula is C24H17F4N5O2S. The van der Waals surface area contributed by atoms with E-state index in [1.165, 1.54) is 12.5 Å². The lowest BCUT2D eigenvalue weighted by Crippen LogP contribution is -2.13. The Morgan fingerprint density at radius 2 is 1.81 bits per heavy atom. The van der Waals surface area contributed by atoms with Crippen molar-refractivity contribution in [3.05, 3.63) is 88.3 Å². The van der Waals surface area contributed by atoms with Gasteiger partial charge in [-0.3, -0.25) is 14.6 Å². The fraction of sp³-hybridized carbons (Fsp3) is 0.167. The van der Waals surface area contributed by atoms with Crippen molar-refractivity contribution in [2.45, 2.75) is 25.4 Å². The monoisotopic (exact) mass is 515 g/mol. The first-order chi connectivity index (χ1) is 17.1. The third kappa shape index (κ3) is 5.77. The van der Waals surface area contributed by atoms with Crippen LogP contribution in [0, 0.1) is 5.82 Å². The summed E-state index contributed by atoms with van der Waals surface area (Å²) in [6, 6.07) is 7.31. The Labute approximate surface area is 206 Å². The van der Waals surface area contributed by atoms with Gasteiger partial charge in [0.05, 0.1) is 22.5 Å². The van der Waals surface area contributed by atoms with E-state index in [0.29, 0.717) is 22.8 Å². The topological polar surface area (TPSA) is 97.7 Å². The summed E-state index contributed by atoms with van der Waals surface area (Å²) in [6.07, 6.45) is 0.975. The quantitative estimate of drug-likeness (QED) is 0.248. The van der Waals surface area contributed by atoms with Crippen molar-refractivity contribution in [1.82, 2.24) is 19.9 Å². The number of Topliss-reactive ketones (excluding diaryl/α,β-unsaturated/α-hetero) is 1. The maximum atomic E-state index is 13.5. The van der Waals surface area contributed by atoms with Crippen LogP contribution >= 0.6 is 11.3 Å². The van der Waals surface area contributed by atoms with Crippen molar-refractivity contribution in [3.8, 4) is 11.3 Å². The van der Waals surface area contributed by atoms with E-state index in [2.05, 4.69) is 25.3 Å². The molecule has 0 aliphatic rings. The van der Waals surface area contributed by atoms with Crippen LogP contribution in [0.3, 0.4) is 0 Å². The van der Waals surface area contributed by atoms with Gasteiger partial charge >= 0.3 is 6.18 Å². The van der Waals surface area contributed by atoms with E-state index in [1.54, 1.807) is 37.5 Å². The smallest absolute Gasteiger partial charge is 0.321 e. The van der Waals surface area contributed by atoms with E-state index in [4.69, 9.17) is 0 Å². The van der Waals surface area contributed by atoms with Crippen LogP contribution in [0.4, 0.5) is 23.2 Å². The average Bonchev–Trinajstić information content (AvgIpc) is 3.36. The van der Waals surface area contributed by atoms with Crippen molar-refractivity contribution in [3.63, 3.8) is 0 Å². The van der Waals surface area contributed by atoms with Gasteiger partial charge in [0.15, 0.2) is 5.78 Å². The van der Waals surface area contributed by atoms with Crippen LogP contribution in [0.25, 0.3) is 11.3 Å². The Morgan fingerprint density at radius 1 is 1.06 bits per heavy atom. The predicted molar refractivity (Wildman–Crippen MR) is 124 cm³/mol. The van der Waals surface area contributed by atoms with Crippen LogP contribution in [0.15, 0.2) is 61.3 Å². The molecule has 36 heavy (non-hydrogen) atoms. The molecule has 1 N–H and O–H groups in total. The number of carbonyl (C=O) groups excluding carboxylic acids is 2. The molecule has 1 amide bonds. The first kappa shape index (κ1) is 25.0. The molecule has 3 heterocycles. The highest BCUT2D eigenvalue weighted by Crippen LogP contribution is 2.33. The maximum absolute atomic E-state index is 13.5. The van der Waals surface area contributed by atoms with Gasteiger partial charge in [-0.05, 0) is 36.4 Å². The number of anilines is 1. The minimum absolute atomic E-state index is 0.0638. The fourth-order valence-electron chi connectivity index (χ4n) is 3.29. The predicted octanol–water partition coefficient (Wildman–Crippen LogP) is 5.78. The molecular weight excluding hydrogens is 498 g/mol. The van der Waals surface area contributed by atoms with Crippen molar-refractivity contribution in [2.24, 2.45) is 0 Å². The molecule has 3 aromatic heterocycles. The number of amides is 1. The van der Waals surface area contributed by atoms with Crippen LogP contribution in [0.2, 0.25) is 0 Å². The Morgan fingerprint density at radius 3 is 2.53 bits per heavy atom. The molecule has 0 bridgehead atoms. The van der Waals surface area contributed by atoms with Crippen LogP contribution in [-0.4, -0.2) is 31.6 Å². The number of alkyl halides is 3. The number of halogens is 4. The number of carbonyl (C=O) groups is 2. The Balaban J connectivity index is 1.43. The normalized spacial score (nSPS) is 12.2. The Kier molecular flexibility index (Phi) is 7.15. The van der Waals surface area contributed by atoms with Gasteiger partial charge in [-0.25, -0.2) is 19.3 Å². The van der Waals surface area contributed by atoms with E-state index in [1.807, 2.05) is 0 Å². The molecule has 4 aromatic rings. The number of pyridine rings is 1. The molecule has 0 saturated heterocycles. The summed E-state index contributed by atoms with van der Waals surface area (Å²) in [7, 11) is 0. The minimum atomic E-state index is -4.90. The molecule has 1 atom stereocenters. The number of nitrogens with zero attached hydrogens (tertiary/aromatic N) is 4. The molecule has 0 aliphatic heterocycles. The van der Waals surface area contributed by atoms with E-state index in [-0.39, 0.29) is 34.4 Å². The second kappa shape index (κ2) is 10.3. The number of hydrogen-bond donors (Lipinski definition) is 1. The second-order valence-corrected chi connectivity index (χ2v) is 8.82. The molecule has 184 valence electrons. The SMILES string of the molecule is CC(CC(=O)c1cc(-c2ccncc2)ncn1)c1ncc(C(=O)Nc2ccc(F)c(C(F)(F)F)c2)s1. The number of hydrogen-bond acceptors (Lipinski definition) is 7. The number of nitrogens with one attached hydrogen (secondary N) is 1. The summed E-state index contributed by atoms with van der Waals surface area (Å²) in [6.45, 7) is 1.76. The lowest BCUT2D eigenvalue weighted by atomic mass is 10.0. The van der Waals surface area contributed by atoms with Gasteiger partial charge in [0.1, 0.15) is 22.7 Å². The van der Waals surface area contributed by atoms with Crippen LogP contribution < -0.4 is 5.32 Å². The zero-order valence-corrected chi connectivity index (χ0v) is 19.4. The van der Waals surface area contributed by atoms with E-state index in [9.17, 15) is 27.2 Å². The van der Waals surface area contributed by atoms with Gasteiger partial charge < -0.3 is 5.32 Å². The number of thiazole rings is 1. The van der Waals surface area contributed by atoms with E-state index in [0.717, 1.165) is 23.0 Å². The Bertz CT molecular complexity index is 1410. The molecule has 4 rings (SSSR count). The summed E-state index contributed by atoms with van der Waals surface area (Å²) >= 11 is 1.01. The highest BCUT2D eigenvalue weighted by atomic mass is 32.1. The zero-order valence-electron chi connectivity index (χ0n) is 18.6. The van der Waals surface area contributed by atoms with Gasteiger partial charge in [0.2, 0.25) is 0 Å². The van der Waals surface area contributed by atoms with Gasteiger partial charge in [0, 0.05) is 36.0 Å². The van der Waals surface area contributed by atoms with Gasteiger partial charge in [0.25, 0.3) is 5.91 Å². The van der Waals surface area contributed by atoms with Crippen molar-refractivity contribution >= 4 is 28.7 Å². The summed E-state index contributed by atoms with van der Waals surface area (Å²) in [5, 5.41) is 2.81. The lowest BCUT2D eigenvalue weighted by Gasteiger charge is -2.10. The average molecular weight is 515 g/mol. The standard InChI is InChI=1S/C24H17F4N5O2S/c1-13(8-20(34)19-10-18(31-12-32-19)14-4-6-29-7-5-14)23-30-11-21(36-23)22(35)33-15-2-3-17(25)16(9-15)24(26,27)28/h2-7,9-13H,8H2,1H3,(H,33,35). The van der Waals surface area contributed by atoms with Crippen molar-refractivity contribution < 1.29 is 27.2 Å². The van der Waals surface area contributed by atoms with E-state index >= 15 is 0 Å². The zero-order chi connectivity index (χ0) is 25.9. The fourth-order valence-corrected chi connectivity index (χ4v) is 4.16. The summed E-state index contributed by atoms with van der Waals surface area (Å²) < 4.78 is 52.2.